The SMILES string of the molecule is CCCCCNCC(=O)NCC. The van der Waals surface area contributed by atoms with E-state index in [9.17, 15) is 4.79 Å². The van der Waals surface area contributed by atoms with Crippen LogP contribution in [0.25, 0.3) is 0 Å². The number of carbonyl (C=O) groups is 1. The number of likely N-dealkylation sites (N-methyl/N-ethyl adjacent to an activating group) is 1. The summed E-state index contributed by atoms with van der Waals surface area (Å²) in [5, 5.41) is 5.83. The van der Waals surface area contributed by atoms with Gasteiger partial charge in [0.25, 0.3) is 0 Å². The van der Waals surface area contributed by atoms with Gasteiger partial charge in [-0.2, -0.15) is 0 Å². The molecule has 0 aliphatic rings. The fourth-order valence-corrected chi connectivity index (χ4v) is 0.962. The van der Waals surface area contributed by atoms with Gasteiger partial charge in [0.15, 0.2) is 0 Å². The van der Waals surface area contributed by atoms with Gasteiger partial charge >= 0.3 is 0 Å². The topological polar surface area (TPSA) is 41.1 Å². The van der Waals surface area contributed by atoms with Crippen LogP contribution in [-0.2, 0) is 4.79 Å². The number of nitrogens with one attached hydrogen (secondary N) is 2. The average molecular weight is 172 g/mol. The molecule has 72 valence electrons. The minimum atomic E-state index is 0.0917. The highest BCUT2D eigenvalue weighted by atomic mass is 16.1. The molecule has 0 aliphatic heterocycles. The average Bonchev–Trinajstić information content (AvgIpc) is 2.05. The highest BCUT2D eigenvalue weighted by Gasteiger charge is 1.96. The quantitative estimate of drug-likeness (QED) is 0.560. The lowest BCUT2D eigenvalue weighted by atomic mass is 10.2. The minimum Gasteiger partial charge on any atom is -0.355 e. The van der Waals surface area contributed by atoms with E-state index in [2.05, 4.69) is 17.6 Å². The van der Waals surface area contributed by atoms with Crippen molar-refractivity contribution < 1.29 is 4.79 Å². The van der Waals surface area contributed by atoms with Gasteiger partial charge in [-0.1, -0.05) is 19.8 Å². The highest BCUT2D eigenvalue weighted by molar-refractivity contribution is 5.77. The monoisotopic (exact) mass is 172 g/mol. The molecular weight excluding hydrogens is 152 g/mol. The lowest BCUT2D eigenvalue weighted by molar-refractivity contribution is -0.120. The number of carbonyl (C=O) groups excluding carboxylic acids is 1. The van der Waals surface area contributed by atoms with Crippen LogP contribution in [0.2, 0.25) is 0 Å². The molecule has 0 saturated heterocycles. The minimum absolute atomic E-state index is 0.0917. The summed E-state index contributed by atoms with van der Waals surface area (Å²) in [6, 6.07) is 0. The molecule has 0 heterocycles. The summed E-state index contributed by atoms with van der Waals surface area (Å²) in [5.41, 5.74) is 0. The van der Waals surface area contributed by atoms with E-state index in [1.807, 2.05) is 6.92 Å². The molecule has 0 spiro atoms. The van der Waals surface area contributed by atoms with E-state index in [0.717, 1.165) is 19.5 Å². The zero-order valence-corrected chi connectivity index (χ0v) is 8.15. The van der Waals surface area contributed by atoms with Crippen molar-refractivity contribution in [2.75, 3.05) is 19.6 Å². The Morgan fingerprint density at radius 1 is 1.25 bits per heavy atom. The standard InChI is InChI=1S/C9H20N2O/c1-3-5-6-7-10-8-9(12)11-4-2/h10H,3-8H2,1-2H3,(H,11,12). The summed E-state index contributed by atoms with van der Waals surface area (Å²) in [5.74, 6) is 0.0917. The first-order valence-electron chi connectivity index (χ1n) is 4.78. The molecule has 0 aromatic carbocycles. The van der Waals surface area contributed by atoms with Gasteiger partial charge in [-0.15, -0.1) is 0 Å². The molecule has 0 saturated carbocycles. The fourth-order valence-electron chi connectivity index (χ4n) is 0.962. The van der Waals surface area contributed by atoms with Gasteiger partial charge < -0.3 is 10.6 Å². The Kier molecular flexibility index (Phi) is 8.12. The van der Waals surface area contributed by atoms with E-state index in [1.165, 1.54) is 12.8 Å². The molecule has 0 aliphatic carbocycles. The Labute approximate surface area is 74.9 Å². The van der Waals surface area contributed by atoms with Crippen molar-refractivity contribution in [2.45, 2.75) is 33.1 Å². The smallest absolute Gasteiger partial charge is 0.233 e. The molecule has 0 bridgehead atoms. The van der Waals surface area contributed by atoms with Gasteiger partial charge in [-0.25, -0.2) is 0 Å². The van der Waals surface area contributed by atoms with Crippen LogP contribution in [0.4, 0.5) is 0 Å². The van der Waals surface area contributed by atoms with Crippen molar-refractivity contribution in [1.29, 1.82) is 0 Å². The van der Waals surface area contributed by atoms with E-state index < -0.39 is 0 Å². The predicted molar refractivity (Wildman–Crippen MR) is 51.1 cm³/mol. The first-order valence-corrected chi connectivity index (χ1v) is 4.78. The van der Waals surface area contributed by atoms with Gasteiger partial charge in [-0.05, 0) is 19.9 Å². The third-order valence-electron chi connectivity index (χ3n) is 1.62. The number of unbranched alkanes of at least 4 members (excludes halogenated alkanes) is 2. The number of amides is 1. The predicted octanol–water partition coefficient (Wildman–Crippen LogP) is 0.902. The molecule has 0 fully saturated rings. The van der Waals surface area contributed by atoms with E-state index in [-0.39, 0.29) is 5.91 Å². The second-order valence-corrected chi connectivity index (χ2v) is 2.84. The largest absolute Gasteiger partial charge is 0.355 e. The van der Waals surface area contributed by atoms with E-state index in [1.54, 1.807) is 0 Å². The Hall–Kier alpha value is -0.570. The number of hydrogen-bond donors (Lipinski definition) is 2. The number of rotatable bonds is 7. The Morgan fingerprint density at radius 2 is 2.00 bits per heavy atom. The Bertz CT molecular complexity index is 115. The normalized spacial score (nSPS) is 9.83. The van der Waals surface area contributed by atoms with Gasteiger partial charge in [0.2, 0.25) is 5.91 Å². The van der Waals surface area contributed by atoms with Crippen LogP contribution in [0.15, 0.2) is 0 Å². The maximum Gasteiger partial charge on any atom is 0.233 e. The Balaban J connectivity index is 3.03. The van der Waals surface area contributed by atoms with Crippen molar-refractivity contribution in [1.82, 2.24) is 10.6 Å². The molecule has 0 radical (unpaired) electrons. The molecule has 3 nitrogen and oxygen atoms in total. The van der Waals surface area contributed by atoms with Crippen molar-refractivity contribution in [3.05, 3.63) is 0 Å². The Morgan fingerprint density at radius 3 is 2.58 bits per heavy atom. The second-order valence-electron chi connectivity index (χ2n) is 2.84. The van der Waals surface area contributed by atoms with Crippen LogP contribution >= 0.6 is 0 Å². The van der Waals surface area contributed by atoms with Crippen LogP contribution < -0.4 is 10.6 Å². The molecule has 0 aromatic heterocycles. The van der Waals surface area contributed by atoms with Gasteiger partial charge in [0.05, 0.1) is 6.54 Å². The molecule has 0 rings (SSSR count). The van der Waals surface area contributed by atoms with Gasteiger partial charge in [0.1, 0.15) is 0 Å². The lowest BCUT2D eigenvalue weighted by Gasteiger charge is -2.03. The van der Waals surface area contributed by atoms with Crippen LogP contribution in [0, 0.1) is 0 Å². The summed E-state index contributed by atoms with van der Waals surface area (Å²) >= 11 is 0. The molecule has 3 heteroatoms. The van der Waals surface area contributed by atoms with E-state index >= 15 is 0 Å². The molecule has 1 amide bonds. The summed E-state index contributed by atoms with van der Waals surface area (Å²) in [7, 11) is 0. The third-order valence-corrected chi connectivity index (χ3v) is 1.62. The molecular formula is C9H20N2O. The highest BCUT2D eigenvalue weighted by Crippen LogP contribution is 1.90. The lowest BCUT2D eigenvalue weighted by Crippen LogP contribution is -2.33. The second kappa shape index (κ2) is 8.53. The van der Waals surface area contributed by atoms with Crippen molar-refractivity contribution in [3.8, 4) is 0 Å². The van der Waals surface area contributed by atoms with Crippen molar-refractivity contribution in [3.63, 3.8) is 0 Å². The molecule has 12 heavy (non-hydrogen) atoms. The van der Waals surface area contributed by atoms with Crippen LogP contribution in [0.5, 0.6) is 0 Å². The van der Waals surface area contributed by atoms with Crippen LogP contribution in [0.1, 0.15) is 33.1 Å². The summed E-state index contributed by atoms with van der Waals surface area (Å²) in [4.78, 5) is 10.9. The number of hydrogen-bond acceptors (Lipinski definition) is 2. The maximum atomic E-state index is 10.9. The van der Waals surface area contributed by atoms with Gasteiger partial charge in [0, 0.05) is 6.54 Å². The fraction of sp³-hybridized carbons (Fsp3) is 0.889. The first-order chi connectivity index (χ1) is 5.81. The summed E-state index contributed by atoms with van der Waals surface area (Å²) in [6.07, 6.45) is 3.63. The van der Waals surface area contributed by atoms with Crippen molar-refractivity contribution in [2.24, 2.45) is 0 Å². The van der Waals surface area contributed by atoms with Crippen LogP contribution in [-0.4, -0.2) is 25.5 Å². The van der Waals surface area contributed by atoms with Crippen LogP contribution in [0.3, 0.4) is 0 Å². The first kappa shape index (κ1) is 11.4. The third kappa shape index (κ3) is 7.54. The zero-order chi connectivity index (χ0) is 9.23. The zero-order valence-electron chi connectivity index (χ0n) is 8.15. The summed E-state index contributed by atoms with van der Waals surface area (Å²) < 4.78 is 0. The maximum absolute atomic E-state index is 10.9. The molecule has 0 unspecified atom stereocenters. The van der Waals surface area contributed by atoms with E-state index in [4.69, 9.17) is 0 Å². The molecule has 0 atom stereocenters. The summed E-state index contributed by atoms with van der Waals surface area (Å²) in [6.45, 7) is 6.22. The van der Waals surface area contributed by atoms with Crippen molar-refractivity contribution >= 4 is 5.91 Å². The molecule has 2 N–H and O–H groups in total. The van der Waals surface area contributed by atoms with Gasteiger partial charge in [-0.3, -0.25) is 4.79 Å². The molecule has 0 aromatic rings. The van der Waals surface area contributed by atoms with E-state index in [0.29, 0.717) is 6.54 Å².